The maximum absolute atomic E-state index is 11.7. The molecule has 0 unspecified atom stereocenters. The molecule has 0 spiro atoms. The Morgan fingerprint density at radius 3 is 2.70 bits per heavy atom. The molecule has 2 aliphatic rings. The van der Waals surface area contributed by atoms with Crippen molar-refractivity contribution in [3.8, 4) is 23.0 Å². The maximum Gasteiger partial charge on any atom is 0.434 e. The van der Waals surface area contributed by atoms with Crippen molar-refractivity contribution >= 4 is 28.7 Å². The van der Waals surface area contributed by atoms with Crippen LogP contribution in [0.25, 0.3) is 34.1 Å². The zero-order chi connectivity index (χ0) is 25.5. The molecule has 5 heterocycles. The molecule has 6 rings (SSSR count). The van der Waals surface area contributed by atoms with E-state index in [0.717, 1.165) is 36.0 Å². The molecule has 1 aliphatic heterocycles. The predicted octanol–water partition coefficient (Wildman–Crippen LogP) is 3.94. The molecule has 1 atom stereocenters. The number of imidazole rings is 1. The van der Waals surface area contributed by atoms with Crippen LogP contribution >= 0.6 is 11.6 Å². The number of pyridine rings is 1. The van der Waals surface area contributed by atoms with E-state index >= 15 is 0 Å². The number of rotatable bonds is 5. The fraction of sp³-hybridized carbons (Fsp3) is 0.520. The molecule has 0 aromatic carbocycles. The van der Waals surface area contributed by atoms with E-state index in [0.29, 0.717) is 35.5 Å². The standard InChI is InChI=1S/C25H29ClN8O3/c1-14-3-5-16(6-4-14)12-34-20-19(17-9-18(26)11-27-10-17)28-22(23-31-32-25(35)37-23)29-21(20)30-24(34)33-7-8-36-13-15(33)2/h9-11,14-16H,3-8,12-13H2,1-2H3,(H,32,35)/t14-,15-,16-/m1/s1. The van der Waals surface area contributed by atoms with Gasteiger partial charge in [0.1, 0.15) is 11.2 Å². The van der Waals surface area contributed by atoms with Crippen LogP contribution in [0, 0.1) is 11.8 Å². The minimum Gasteiger partial charge on any atom is -0.384 e. The van der Waals surface area contributed by atoms with Gasteiger partial charge in [-0.1, -0.05) is 31.4 Å². The summed E-state index contributed by atoms with van der Waals surface area (Å²) in [7, 11) is 0. The Kier molecular flexibility index (Phi) is 6.41. The number of hydrogen-bond donors (Lipinski definition) is 1. The van der Waals surface area contributed by atoms with Gasteiger partial charge in [-0.2, -0.15) is 4.98 Å². The fourth-order valence-corrected chi connectivity index (χ4v) is 5.55. The van der Waals surface area contributed by atoms with Crippen LogP contribution in [0.1, 0.15) is 39.5 Å². The highest BCUT2D eigenvalue weighted by Crippen LogP contribution is 2.36. The van der Waals surface area contributed by atoms with Crippen molar-refractivity contribution in [2.24, 2.45) is 11.8 Å². The highest BCUT2D eigenvalue weighted by atomic mass is 35.5. The van der Waals surface area contributed by atoms with Crippen LogP contribution in [-0.2, 0) is 11.3 Å². The molecule has 0 amide bonds. The minimum absolute atomic E-state index is 0.000228. The monoisotopic (exact) mass is 524 g/mol. The van der Waals surface area contributed by atoms with Gasteiger partial charge in [-0.15, -0.1) is 5.10 Å². The number of anilines is 1. The lowest BCUT2D eigenvalue weighted by Gasteiger charge is -2.35. The molecule has 4 aromatic heterocycles. The number of nitrogens with one attached hydrogen (secondary N) is 1. The number of aromatic amines is 1. The summed E-state index contributed by atoms with van der Waals surface area (Å²) in [6.45, 7) is 7.28. The van der Waals surface area contributed by atoms with Gasteiger partial charge < -0.3 is 18.6 Å². The molecule has 1 aliphatic carbocycles. The van der Waals surface area contributed by atoms with Gasteiger partial charge in [0, 0.05) is 31.0 Å². The highest BCUT2D eigenvalue weighted by Gasteiger charge is 2.30. The molecular formula is C25H29ClN8O3. The number of morpholine rings is 1. The molecule has 12 heteroatoms. The molecule has 4 aromatic rings. The summed E-state index contributed by atoms with van der Waals surface area (Å²) in [5, 5.41) is 6.72. The van der Waals surface area contributed by atoms with Gasteiger partial charge in [0.2, 0.25) is 11.8 Å². The highest BCUT2D eigenvalue weighted by molar-refractivity contribution is 6.30. The number of hydrogen-bond acceptors (Lipinski definition) is 9. The van der Waals surface area contributed by atoms with E-state index in [1.165, 1.54) is 25.7 Å². The number of ether oxygens (including phenoxy) is 1. The second-order valence-electron chi connectivity index (χ2n) is 10.1. The van der Waals surface area contributed by atoms with E-state index in [-0.39, 0.29) is 17.8 Å². The lowest BCUT2D eigenvalue weighted by molar-refractivity contribution is 0.0976. The number of nitrogens with zero attached hydrogens (tertiary/aromatic N) is 7. The average Bonchev–Trinajstić information content (AvgIpc) is 3.49. The molecule has 11 nitrogen and oxygen atoms in total. The van der Waals surface area contributed by atoms with Crippen LogP contribution in [-0.4, -0.2) is 60.5 Å². The lowest BCUT2D eigenvalue weighted by atomic mass is 9.83. The van der Waals surface area contributed by atoms with Crippen LogP contribution in [0.2, 0.25) is 5.02 Å². The first kappa shape index (κ1) is 24.1. The fourth-order valence-electron chi connectivity index (χ4n) is 5.37. The summed E-state index contributed by atoms with van der Waals surface area (Å²) in [5.74, 6) is 1.62. The Labute approximate surface area is 218 Å². The number of aromatic nitrogens is 7. The smallest absolute Gasteiger partial charge is 0.384 e. The number of fused-ring (bicyclic) bond motifs is 1. The summed E-state index contributed by atoms with van der Waals surface area (Å²) in [6.07, 6.45) is 8.09. The van der Waals surface area contributed by atoms with E-state index in [2.05, 4.69) is 38.5 Å². The molecule has 194 valence electrons. The van der Waals surface area contributed by atoms with Gasteiger partial charge in [0.25, 0.3) is 5.89 Å². The summed E-state index contributed by atoms with van der Waals surface area (Å²) >= 11 is 6.33. The predicted molar refractivity (Wildman–Crippen MR) is 138 cm³/mol. The van der Waals surface area contributed by atoms with Crippen LogP contribution in [0.3, 0.4) is 0 Å². The van der Waals surface area contributed by atoms with Crippen molar-refractivity contribution in [1.82, 2.24) is 34.7 Å². The molecule has 2 fully saturated rings. The van der Waals surface area contributed by atoms with E-state index in [1.807, 2.05) is 6.07 Å². The molecule has 1 N–H and O–H groups in total. The molecule has 37 heavy (non-hydrogen) atoms. The van der Waals surface area contributed by atoms with Crippen LogP contribution in [0.5, 0.6) is 0 Å². The Hall–Kier alpha value is -3.31. The van der Waals surface area contributed by atoms with Crippen LogP contribution < -0.4 is 10.7 Å². The van der Waals surface area contributed by atoms with Gasteiger partial charge in [0.05, 0.1) is 24.3 Å². The Morgan fingerprint density at radius 1 is 1.14 bits per heavy atom. The molecule has 0 bridgehead atoms. The van der Waals surface area contributed by atoms with Crippen LogP contribution in [0.15, 0.2) is 27.7 Å². The van der Waals surface area contributed by atoms with E-state index in [1.54, 1.807) is 12.4 Å². The van der Waals surface area contributed by atoms with Crippen molar-refractivity contribution in [3.05, 3.63) is 34.0 Å². The first-order valence-corrected chi connectivity index (χ1v) is 13.1. The van der Waals surface area contributed by atoms with Crippen molar-refractivity contribution < 1.29 is 9.15 Å². The van der Waals surface area contributed by atoms with Crippen molar-refractivity contribution in [2.45, 2.75) is 52.1 Å². The first-order valence-electron chi connectivity index (χ1n) is 12.8. The SMILES string of the molecule is C[C@@H]1COCCN1c1nc2nc(-c3n[nH]c(=O)o3)nc(-c3cncc(Cl)c3)c2n1C[C@H]1CC[C@H](C)CC1. The third kappa shape index (κ3) is 4.73. The topological polar surface area (TPSA) is 128 Å². The Balaban J connectivity index is 1.58. The average molecular weight is 525 g/mol. The van der Waals surface area contributed by atoms with Gasteiger partial charge in [-0.3, -0.25) is 4.98 Å². The number of halogens is 1. The third-order valence-electron chi connectivity index (χ3n) is 7.39. The van der Waals surface area contributed by atoms with E-state index in [4.69, 9.17) is 35.7 Å². The largest absolute Gasteiger partial charge is 0.434 e. The zero-order valence-electron chi connectivity index (χ0n) is 20.9. The van der Waals surface area contributed by atoms with Gasteiger partial charge in [-0.05, 0) is 37.7 Å². The van der Waals surface area contributed by atoms with Gasteiger partial charge >= 0.3 is 5.76 Å². The van der Waals surface area contributed by atoms with E-state index in [9.17, 15) is 4.79 Å². The molecular weight excluding hydrogens is 496 g/mol. The van der Waals surface area contributed by atoms with Crippen molar-refractivity contribution in [3.63, 3.8) is 0 Å². The minimum atomic E-state index is -0.676. The normalized spacial score (nSPS) is 22.6. The first-order chi connectivity index (χ1) is 18.0. The van der Waals surface area contributed by atoms with Gasteiger partial charge in [-0.25, -0.2) is 19.9 Å². The second-order valence-corrected chi connectivity index (χ2v) is 10.6. The van der Waals surface area contributed by atoms with E-state index < -0.39 is 5.76 Å². The molecule has 0 radical (unpaired) electrons. The maximum atomic E-state index is 11.7. The van der Waals surface area contributed by atoms with Gasteiger partial charge in [0.15, 0.2) is 5.65 Å². The zero-order valence-corrected chi connectivity index (χ0v) is 21.6. The second kappa shape index (κ2) is 9.86. The Morgan fingerprint density at radius 2 is 1.97 bits per heavy atom. The van der Waals surface area contributed by atoms with Crippen LogP contribution in [0.4, 0.5) is 5.95 Å². The number of H-pyrrole nitrogens is 1. The summed E-state index contributed by atoms with van der Waals surface area (Å²) in [5.41, 5.74) is 2.64. The summed E-state index contributed by atoms with van der Waals surface area (Å²) in [4.78, 5) is 32.8. The quantitative estimate of drug-likeness (QED) is 0.412. The molecule has 1 saturated carbocycles. The lowest BCUT2D eigenvalue weighted by Crippen LogP contribution is -2.45. The summed E-state index contributed by atoms with van der Waals surface area (Å²) < 4.78 is 13.2. The van der Waals surface area contributed by atoms with Crippen molar-refractivity contribution in [1.29, 1.82) is 0 Å². The Bertz CT molecular complexity index is 1470. The summed E-state index contributed by atoms with van der Waals surface area (Å²) in [6, 6.07) is 1.97. The molecule has 1 saturated heterocycles. The third-order valence-corrected chi connectivity index (χ3v) is 7.60. The van der Waals surface area contributed by atoms with Crippen molar-refractivity contribution in [2.75, 3.05) is 24.7 Å².